The van der Waals surface area contributed by atoms with Crippen LogP contribution in [0.15, 0.2) is 16.9 Å². The molecule has 1 heterocycles. The van der Waals surface area contributed by atoms with Crippen LogP contribution in [0.3, 0.4) is 0 Å². The fraction of sp³-hybridized carbons (Fsp3) is 0.500. The van der Waals surface area contributed by atoms with Crippen LogP contribution in [0.4, 0.5) is 4.39 Å². The molecular formula is C8H11FN2O2. The predicted molar refractivity (Wildman–Crippen MR) is 43.5 cm³/mol. The Morgan fingerprint density at radius 3 is 2.92 bits per heavy atom. The minimum absolute atomic E-state index is 0.183. The maximum Gasteiger partial charge on any atom is 0.257 e. The zero-order chi connectivity index (χ0) is 9.90. The molecule has 0 aliphatic carbocycles. The number of alkyl halides is 1. The highest BCUT2D eigenvalue weighted by atomic mass is 19.1. The molecule has 0 spiro atoms. The fourth-order valence-electron chi connectivity index (χ4n) is 0.710. The second-order valence-corrected chi connectivity index (χ2v) is 3.15. The molecule has 72 valence electrons. The Morgan fingerprint density at radius 1 is 1.77 bits per heavy atom. The first-order valence-electron chi connectivity index (χ1n) is 3.86. The van der Waals surface area contributed by atoms with Crippen molar-refractivity contribution in [1.82, 2.24) is 10.5 Å². The highest BCUT2D eigenvalue weighted by Crippen LogP contribution is 2.07. The van der Waals surface area contributed by atoms with Crippen molar-refractivity contribution in [2.45, 2.75) is 26.1 Å². The lowest BCUT2D eigenvalue weighted by Crippen LogP contribution is -2.38. The Morgan fingerprint density at radius 2 is 2.46 bits per heavy atom. The van der Waals surface area contributed by atoms with E-state index in [-0.39, 0.29) is 6.54 Å². The summed E-state index contributed by atoms with van der Waals surface area (Å²) in [7, 11) is 0. The quantitative estimate of drug-likeness (QED) is 0.767. The van der Waals surface area contributed by atoms with E-state index in [1.807, 2.05) is 0 Å². The monoisotopic (exact) mass is 186 g/mol. The Balaban J connectivity index is 2.40. The van der Waals surface area contributed by atoms with Crippen LogP contribution in [0.1, 0.15) is 19.5 Å². The van der Waals surface area contributed by atoms with E-state index in [2.05, 4.69) is 15.0 Å². The normalized spacial score (nSPS) is 11.3. The molecule has 0 bridgehead atoms. The highest BCUT2D eigenvalue weighted by Gasteiger charge is 2.25. The first-order chi connectivity index (χ1) is 6.00. The number of hydrogen-bond donors (Lipinski definition) is 1. The van der Waals surface area contributed by atoms with E-state index >= 15 is 0 Å². The number of halogens is 1. The van der Waals surface area contributed by atoms with E-state index in [1.165, 1.54) is 20.1 Å². The zero-order valence-electron chi connectivity index (χ0n) is 7.50. The maximum absolute atomic E-state index is 13.0. The Kier molecular flexibility index (Phi) is 2.65. The van der Waals surface area contributed by atoms with Crippen molar-refractivity contribution in [1.29, 1.82) is 0 Å². The summed E-state index contributed by atoms with van der Waals surface area (Å²) in [6.07, 6.45) is 1.39. The van der Waals surface area contributed by atoms with Crippen molar-refractivity contribution in [2.24, 2.45) is 0 Å². The molecule has 13 heavy (non-hydrogen) atoms. The van der Waals surface area contributed by atoms with Crippen LogP contribution in [-0.2, 0) is 11.3 Å². The van der Waals surface area contributed by atoms with Crippen molar-refractivity contribution in [2.75, 3.05) is 0 Å². The first kappa shape index (κ1) is 9.70. The van der Waals surface area contributed by atoms with Crippen molar-refractivity contribution in [3.05, 3.63) is 18.0 Å². The van der Waals surface area contributed by atoms with E-state index in [1.54, 1.807) is 6.07 Å². The van der Waals surface area contributed by atoms with Crippen LogP contribution in [0.25, 0.3) is 0 Å². The maximum atomic E-state index is 13.0. The molecule has 0 aliphatic rings. The van der Waals surface area contributed by atoms with Crippen molar-refractivity contribution >= 4 is 5.91 Å². The lowest BCUT2D eigenvalue weighted by Gasteiger charge is -2.12. The van der Waals surface area contributed by atoms with Gasteiger partial charge >= 0.3 is 0 Å². The number of rotatable bonds is 3. The molecule has 4 nitrogen and oxygen atoms in total. The third-order valence-corrected chi connectivity index (χ3v) is 1.46. The largest absolute Gasteiger partial charge is 0.364 e. The molecule has 1 rings (SSSR count). The van der Waals surface area contributed by atoms with Crippen molar-refractivity contribution in [3.8, 4) is 0 Å². The topological polar surface area (TPSA) is 55.1 Å². The third-order valence-electron chi connectivity index (χ3n) is 1.46. The van der Waals surface area contributed by atoms with Gasteiger partial charge in [-0.1, -0.05) is 5.16 Å². The summed E-state index contributed by atoms with van der Waals surface area (Å²) in [4.78, 5) is 11.0. The summed E-state index contributed by atoms with van der Waals surface area (Å²) in [5, 5.41) is 5.95. The van der Waals surface area contributed by atoms with Gasteiger partial charge in [-0.15, -0.1) is 0 Å². The third kappa shape index (κ3) is 2.85. The van der Waals surface area contributed by atoms with Crippen LogP contribution in [0, 0.1) is 0 Å². The molecule has 0 saturated heterocycles. The van der Waals surface area contributed by atoms with Crippen LogP contribution in [-0.4, -0.2) is 16.7 Å². The van der Waals surface area contributed by atoms with Gasteiger partial charge in [0.2, 0.25) is 0 Å². The van der Waals surface area contributed by atoms with Gasteiger partial charge in [0.05, 0.1) is 6.54 Å². The van der Waals surface area contributed by atoms with Gasteiger partial charge in [-0.05, 0) is 13.8 Å². The van der Waals surface area contributed by atoms with Crippen molar-refractivity contribution in [3.63, 3.8) is 0 Å². The molecule has 5 heteroatoms. The minimum atomic E-state index is -1.86. The molecule has 1 N–H and O–H groups in total. The summed E-state index contributed by atoms with van der Waals surface area (Å²) >= 11 is 0. The molecule has 0 unspecified atom stereocenters. The lowest BCUT2D eigenvalue weighted by molar-refractivity contribution is -0.130. The van der Waals surface area contributed by atoms with Gasteiger partial charge < -0.3 is 9.84 Å². The van der Waals surface area contributed by atoms with Gasteiger partial charge in [-0.3, -0.25) is 4.79 Å². The number of aromatic nitrogens is 1. The molecule has 1 amide bonds. The molecule has 1 aromatic rings. The standard InChI is InChI=1S/C8H11FN2O2/c1-8(2,9)7(12)10-5-6-3-4-13-11-6/h3-4H,5H2,1-2H3,(H,10,12). The van der Waals surface area contributed by atoms with Crippen LogP contribution >= 0.6 is 0 Å². The number of carbonyl (C=O) groups excluding carboxylic acids is 1. The number of amides is 1. The number of hydrogen-bond acceptors (Lipinski definition) is 3. The SMILES string of the molecule is CC(C)(F)C(=O)NCc1ccon1. The second-order valence-electron chi connectivity index (χ2n) is 3.15. The summed E-state index contributed by atoms with van der Waals surface area (Å²) < 4.78 is 17.5. The first-order valence-corrected chi connectivity index (χ1v) is 3.86. The Hall–Kier alpha value is -1.39. The fourth-order valence-corrected chi connectivity index (χ4v) is 0.710. The predicted octanol–water partition coefficient (Wildman–Crippen LogP) is 1.04. The molecular weight excluding hydrogens is 175 g/mol. The van der Waals surface area contributed by atoms with Gasteiger partial charge in [0.1, 0.15) is 12.0 Å². The lowest BCUT2D eigenvalue weighted by atomic mass is 10.1. The summed E-state index contributed by atoms with van der Waals surface area (Å²) in [6, 6.07) is 1.60. The summed E-state index contributed by atoms with van der Waals surface area (Å²) in [6.45, 7) is 2.58. The molecule has 0 aromatic carbocycles. The van der Waals surface area contributed by atoms with Crippen LogP contribution in [0.5, 0.6) is 0 Å². The zero-order valence-corrected chi connectivity index (χ0v) is 7.50. The van der Waals surface area contributed by atoms with E-state index in [0.29, 0.717) is 5.69 Å². The molecule has 0 radical (unpaired) electrons. The van der Waals surface area contributed by atoms with Gasteiger partial charge in [-0.2, -0.15) is 0 Å². The molecule has 0 atom stereocenters. The van der Waals surface area contributed by atoms with Gasteiger partial charge in [0, 0.05) is 6.07 Å². The van der Waals surface area contributed by atoms with Gasteiger partial charge in [0.15, 0.2) is 5.67 Å². The Bertz CT molecular complexity index is 277. The van der Waals surface area contributed by atoms with Gasteiger partial charge in [-0.25, -0.2) is 4.39 Å². The molecule has 0 fully saturated rings. The molecule has 0 saturated carbocycles. The molecule has 1 aromatic heterocycles. The van der Waals surface area contributed by atoms with Gasteiger partial charge in [0.25, 0.3) is 5.91 Å². The Labute approximate surface area is 75.1 Å². The summed E-state index contributed by atoms with van der Waals surface area (Å²) in [5.74, 6) is -0.657. The van der Waals surface area contributed by atoms with E-state index in [0.717, 1.165) is 0 Å². The van der Waals surface area contributed by atoms with E-state index in [4.69, 9.17) is 0 Å². The smallest absolute Gasteiger partial charge is 0.257 e. The summed E-state index contributed by atoms with van der Waals surface area (Å²) in [5.41, 5.74) is -1.29. The molecule has 0 aliphatic heterocycles. The van der Waals surface area contributed by atoms with Crippen LogP contribution < -0.4 is 5.32 Å². The average Bonchev–Trinajstić information content (AvgIpc) is 2.50. The van der Waals surface area contributed by atoms with Crippen LogP contribution in [0.2, 0.25) is 0 Å². The van der Waals surface area contributed by atoms with E-state index in [9.17, 15) is 9.18 Å². The average molecular weight is 186 g/mol. The number of nitrogens with zero attached hydrogens (tertiary/aromatic N) is 1. The van der Waals surface area contributed by atoms with Crippen molar-refractivity contribution < 1.29 is 13.7 Å². The number of nitrogens with one attached hydrogen (secondary N) is 1. The highest BCUT2D eigenvalue weighted by molar-refractivity contribution is 5.83. The second kappa shape index (κ2) is 3.55. The van der Waals surface area contributed by atoms with E-state index < -0.39 is 11.6 Å². The minimum Gasteiger partial charge on any atom is -0.364 e. The number of carbonyl (C=O) groups is 1.